The zero-order valence-corrected chi connectivity index (χ0v) is 11.3. The van der Waals surface area contributed by atoms with Crippen LogP contribution in [-0.4, -0.2) is 16.4 Å². The highest BCUT2D eigenvalue weighted by Gasteiger charge is 2.26. The predicted molar refractivity (Wildman–Crippen MR) is 72.8 cm³/mol. The Labute approximate surface area is 112 Å². The second-order valence-electron chi connectivity index (χ2n) is 5.77. The van der Waals surface area contributed by atoms with Crippen molar-refractivity contribution in [1.29, 1.82) is 0 Å². The van der Waals surface area contributed by atoms with Gasteiger partial charge in [-0.1, -0.05) is 13.8 Å². The third-order valence-electron chi connectivity index (χ3n) is 3.84. The molecule has 1 aliphatic rings. The lowest BCUT2D eigenvalue weighted by atomic mass is 9.82. The first kappa shape index (κ1) is 12.3. The standard InChI is InChI=1S/C14H19N3O2/c1-8-5-9(2)7-10(6-8)18-12-4-3-11(15)13-14(12)17-19-16-13/h3-4,8-10H,5-7,15H2,1-2H3. The van der Waals surface area contributed by atoms with E-state index >= 15 is 0 Å². The fourth-order valence-corrected chi connectivity index (χ4v) is 3.11. The summed E-state index contributed by atoms with van der Waals surface area (Å²) < 4.78 is 10.9. The number of hydrogen-bond acceptors (Lipinski definition) is 5. The number of nitrogen functional groups attached to an aromatic ring is 1. The first-order chi connectivity index (χ1) is 9.13. The normalized spacial score (nSPS) is 27.6. The van der Waals surface area contributed by atoms with Gasteiger partial charge in [-0.2, -0.15) is 0 Å². The van der Waals surface area contributed by atoms with Crippen LogP contribution in [0.4, 0.5) is 5.69 Å². The fraction of sp³-hybridized carbons (Fsp3) is 0.571. The maximum atomic E-state index is 6.10. The smallest absolute Gasteiger partial charge is 0.179 e. The molecule has 0 saturated heterocycles. The summed E-state index contributed by atoms with van der Waals surface area (Å²) in [7, 11) is 0. The first-order valence-electron chi connectivity index (χ1n) is 6.81. The molecule has 2 aromatic rings. The summed E-state index contributed by atoms with van der Waals surface area (Å²) in [5.41, 5.74) is 7.59. The number of ether oxygens (including phenoxy) is 1. The third-order valence-corrected chi connectivity index (χ3v) is 3.84. The molecule has 3 rings (SSSR count). The number of aromatic nitrogens is 2. The van der Waals surface area contributed by atoms with E-state index in [4.69, 9.17) is 15.1 Å². The Bertz CT molecular complexity index is 571. The molecule has 1 saturated carbocycles. The topological polar surface area (TPSA) is 74.2 Å². The highest BCUT2D eigenvalue weighted by molar-refractivity contribution is 5.90. The van der Waals surface area contributed by atoms with Crippen molar-refractivity contribution in [2.24, 2.45) is 11.8 Å². The van der Waals surface area contributed by atoms with Crippen LogP contribution in [0.1, 0.15) is 33.1 Å². The van der Waals surface area contributed by atoms with Gasteiger partial charge in [0.15, 0.2) is 16.8 Å². The number of nitrogens with two attached hydrogens (primary N) is 1. The van der Waals surface area contributed by atoms with E-state index in [1.54, 1.807) is 6.07 Å². The van der Waals surface area contributed by atoms with E-state index in [0.717, 1.165) is 18.6 Å². The van der Waals surface area contributed by atoms with Crippen LogP contribution in [0.5, 0.6) is 5.75 Å². The largest absolute Gasteiger partial charge is 0.488 e. The summed E-state index contributed by atoms with van der Waals surface area (Å²) in [6.07, 6.45) is 3.69. The van der Waals surface area contributed by atoms with Crippen LogP contribution >= 0.6 is 0 Å². The zero-order valence-electron chi connectivity index (χ0n) is 11.3. The molecule has 1 heterocycles. The molecule has 0 amide bonds. The van der Waals surface area contributed by atoms with Crippen LogP contribution in [0, 0.1) is 11.8 Å². The van der Waals surface area contributed by atoms with E-state index in [0.29, 0.717) is 28.6 Å². The van der Waals surface area contributed by atoms with Crippen molar-refractivity contribution in [2.45, 2.75) is 39.2 Å². The molecular weight excluding hydrogens is 242 g/mol. The minimum Gasteiger partial charge on any atom is -0.488 e. The molecule has 0 radical (unpaired) electrons. The summed E-state index contributed by atoms with van der Waals surface area (Å²) in [6.45, 7) is 4.56. The number of fused-ring (bicyclic) bond motifs is 1. The van der Waals surface area contributed by atoms with Gasteiger partial charge in [-0.05, 0) is 53.5 Å². The third kappa shape index (κ3) is 2.37. The van der Waals surface area contributed by atoms with Crippen LogP contribution in [0.25, 0.3) is 11.0 Å². The van der Waals surface area contributed by atoms with Gasteiger partial charge in [0.25, 0.3) is 0 Å². The molecule has 1 aromatic heterocycles. The monoisotopic (exact) mass is 261 g/mol. The van der Waals surface area contributed by atoms with Gasteiger partial charge in [0, 0.05) is 0 Å². The van der Waals surface area contributed by atoms with Crippen LogP contribution in [0.15, 0.2) is 16.8 Å². The van der Waals surface area contributed by atoms with Crippen LogP contribution < -0.4 is 10.5 Å². The quantitative estimate of drug-likeness (QED) is 0.841. The fourth-order valence-electron chi connectivity index (χ4n) is 3.11. The Kier molecular flexibility index (Phi) is 3.05. The van der Waals surface area contributed by atoms with E-state index in [2.05, 4.69) is 24.2 Å². The van der Waals surface area contributed by atoms with Crippen LogP contribution in [0.3, 0.4) is 0 Å². The molecule has 102 valence electrons. The van der Waals surface area contributed by atoms with Crippen molar-refractivity contribution >= 4 is 16.7 Å². The number of hydrogen-bond donors (Lipinski definition) is 1. The maximum absolute atomic E-state index is 6.10. The summed E-state index contributed by atoms with van der Waals surface area (Å²) in [4.78, 5) is 0. The Morgan fingerprint density at radius 2 is 1.79 bits per heavy atom. The molecule has 0 bridgehead atoms. The lowest BCUT2D eigenvalue weighted by Gasteiger charge is -2.31. The Balaban J connectivity index is 1.85. The van der Waals surface area contributed by atoms with Gasteiger partial charge in [-0.25, -0.2) is 4.63 Å². The zero-order chi connectivity index (χ0) is 13.4. The van der Waals surface area contributed by atoms with Gasteiger partial charge in [-0.15, -0.1) is 0 Å². The Hall–Kier alpha value is -1.78. The van der Waals surface area contributed by atoms with Gasteiger partial charge in [0.05, 0.1) is 11.8 Å². The summed E-state index contributed by atoms with van der Waals surface area (Å²) in [5, 5.41) is 7.70. The molecule has 5 nitrogen and oxygen atoms in total. The summed E-state index contributed by atoms with van der Waals surface area (Å²) in [6, 6.07) is 3.64. The predicted octanol–water partition coefficient (Wildman–Crippen LogP) is 3.01. The Morgan fingerprint density at radius 3 is 2.53 bits per heavy atom. The average molecular weight is 261 g/mol. The average Bonchev–Trinajstić information content (AvgIpc) is 2.81. The molecule has 1 fully saturated rings. The maximum Gasteiger partial charge on any atom is 0.179 e. The molecule has 0 aliphatic heterocycles. The highest BCUT2D eigenvalue weighted by atomic mass is 16.6. The van der Waals surface area contributed by atoms with E-state index in [-0.39, 0.29) is 6.10 Å². The van der Waals surface area contributed by atoms with Crippen molar-refractivity contribution in [3.8, 4) is 5.75 Å². The lowest BCUT2D eigenvalue weighted by molar-refractivity contribution is 0.102. The Morgan fingerprint density at radius 1 is 1.11 bits per heavy atom. The molecule has 19 heavy (non-hydrogen) atoms. The van der Waals surface area contributed by atoms with E-state index in [9.17, 15) is 0 Å². The van der Waals surface area contributed by atoms with Crippen molar-refractivity contribution in [3.05, 3.63) is 12.1 Å². The molecule has 2 N–H and O–H groups in total. The minimum absolute atomic E-state index is 0.238. The minimum atomic E-state index is 0.238. The van der Waals surface area contributed by atoms with Crippen molar-refractivity contribution < 1.29 is 9.37 Å². The number of anilines is 1. The lowest BCUT2D eigenvalue weighted by Crippen LogP contribution is -2.28. The number of rotatable bonds is 2. The second-order valence-corrected chi connectivity index (χ2v) is 5.77. The SMILES string of the molecule is CC1CC(C)CC(Oc2ccc(N)c3nonc23)C1. The van der Waals surface area contributed by atoms with Gasteiger partial charge in [0.1, 0.15) is 0 Å². The molecule has 5 heteroatoms. The molecule has 0 spiro atoms. The van der Waals surface area contributed by atoms with Crippen LogP contribution in [0.2, 0.25) is 0 Å². The van der Waals surface area contributed by atoms with Crippen molar-refractivity contribution in [3.63, 3.8) is 0 Å². The van der Waals surface area contributed by atoms with Crippen LogP contribution in [-0.2, 0) is 0 Å². The summed E-state index contributed by atoms with van der Waals surface area (Å²) >= 11 is 0. The van der Waals surface area contributed by atoms with Gasteiger partial charge in [-0.3, -0.25) is 0 Å². The molecule has 2 atom stereocenters. The molecule has 1 aromatic carbocycles. The van der Waals surface area contributed by atoms with Gasteiger partial charge in [0.2, 0.25) is 0 Å². The molecule has 1 aliphatic carbocycles. The molecular formula is C14H19N3O2. The van der Waals surface area contributed by atoms with E-state index in [1.165, 1.54) is 6.42 Å². The van der Waals surface area contributed by atoms with E-state index in [1.807, 2.05) is 6.07 Å². The van der Waals surface area contributed by atoms with Crippen molar-refractivity contribution in [2.75, 3.05) is 5.73 Å². The molecule has 2 unspecified atom stereocenters. The van der Waals surface area contributed by atoms with Gasteiger partial charge < -0.3 is 10.5 Å². The summed E-state index contributed by atoms with van der Waals surface area (Å²) in [5.74, 6) is 2.12. The highest BCUT2D eigenvalue weighted by Crippen LogP contribution is 2.34. The first-order valence-corrected chi connectivity index (χ1v) is 6.81. The number of benzene rings is 1. The number of nitrogens with zero attached hydrogens (tertiary/aromatic N) is 2. The van der Waals surface area contributed by atoms with Gasteiger partial charge >= 0.3 is 0 Å². The van der Waals surface area contributed by atoms with Crippen molar-refractivity contribution in [1.82, 2.24) is 10.3 Å². The second kappa shape index (κ2) is 4.72. The van der Waals surface area contributed by atoms with E-state index < -0.39 is 0 Å².